The van der Waals surface area contributed by atoms with Crippen LogP contribution in [0.4, 0.5) is 0 Å². The van der Waals surface area contributed by atoms with Crippen molar-refractivity contribution in [2.45, 2.75) is 269 Å². The van der Waals surface area contributed by atoms with Crippen molar-refractivity contribution in [3.8, 4) is 0 Å². The van der Waals surface area contributed by atoms with Crippen molar-refractivity contribution in [2.75, 3.05) is 26.4 Å². The molecular weight excluding hydrogens is 909 g/mol. The number of carbonyl (C=O) groups is 1. The van der Waals surface area contributed by atoms with Crippen LogP contribution in [0.15, 0.2) is 60.8 Å². The van der Waals surface area contributed by atoms with Crippen LogP contribution in [0, 0.1) is 0 Å². The van der Waals surface area contributed by atoms with Crippen molar-refractivity contribution in [2.24, 2.45) is 0 Å². The van der Waals surface area contributed by atoms with Crippen molar-refractivity contribution in [1.82, 2.24) is 0 Å². The number of esters is 1. The van der Waals surface area contributed by atoms with Gasteiger partial charge in [-0.05, 0) is 77.0 Å². The van der Waals surface area contributed by atoms with Crippen LogP contribution >= 0.6 is 0 Å². The van der Waals surface area contributed by atoms with E-state index in [9.17, 15) is 33.1 Å². The van der Waals surface area contributed by atoms with E-state index in [2.05, 4.69) is 78.8 Å². The highest BCUT2D eigenvalue weighted by Crippen LogP contribution is 2.26. The Kier molecular flexibility index (Phi) is 44.9. The summed E-state index contributed by atoms with van der Waals surface area (Å²) in [4.78, 5) is 12.9. The minimum absolute atomic E-state index is 0.0306. The number of allylic oxidation sites excluding steroid dienone is 10. The number of hydrogen-bond donors (Lipinski definition) is 4. The van der Waals surface area contributed by atoms with Gasteiger partial charge in [0.25, 0.3) is 0 Å². The Morgan fingerprint density at radius 3 is 1.46 bits per heavy atom. The predicted octanol–water partition coefficient (Wildman–Crippen LogP) is 13.6. The van der Waals surface area contributed by atoms with Crippen LogP contribution in [0.1, 0.15) is 232 Å². The SMILES string of the molecule is CC/C=C\C/C=C\C/C=C\C/C=C\CCCCCCCCCCC(=O)OC(COCCCCCCCCCCCC/C=C\CCCCCCCCCC)COC1OC(CO)C(O)C(OS(=O)(=O)O)C1O. The van der Waals surface area contributed by atoms with Gasteiger partial charge in [-0.25, -0.2) is 4.18 Å². The van der Waals surface area contributed by atoms with Gasteiger partial charge in [0.1, 0.15) is 30.5 Å². The third-order valence-corrected chi connectivity index (χ3v) is 13.1. The van der Waals surface area contributed by atoms with Crippen molar-refractivity contribution >= 4 is 16.4 Å². The first kappa shape index (κ1) is 65.8. The second-order valence-corrected chi connectivity index (χ2v) is 20.2. The lowest BCUT2D eigenvalue weighted by Gasteiger charge is -2.41. The quantitative estimate of drug-likeness (QED) is 0.0196. The van der Waals surface area contributed by atoms with Crippen LogP contribution in [0.3, 0.4) is 0 Å². The maximum absolute atomic E-state index is 12.9. The highest BCUT2D eigenvalue weighted by Gasteiger charge is 2.48. The maximum atomic E-state index is 12.9. The highest BCUT2D eigenvalue weighted by molar-refractivity contribution is 7.80. The first-order chi connectivity index (χ1) is 34.1. The molecule has 0 aromatic heterocycles. The Labute approximate surface area is 427 Å². The first-order valence-electron chi connectivity index (χ1n) is 28.0. The third-order valence-electron chi connectivity index (χ3n) is 12.6. The normalized spacial score (nSPS) is 19.5. The molecule has 0 aliphatic carbocycles. The molecule has 4 N–H and O–H groups in total. The molecule has 6 unspecified atom stereocenters. The van der Waals surface area contributed by atoms with Crippen molar-refractivity contribution in [3.63, 3.8) is 0 Å². The van der Waals surface area contributed by atoms with Gasteiger partial charge in [-0.15, -0.1) is 0 Å². The molecule has 70 heavy (non-hydrogen) atoms. The van der Waals surface area contributed by atoms with Crippen LogP contribution in [0.5, 0.6) is 0 Å². The van der Waals surface area contributed by atoms with E-state index in [-0.39, 0.29) is 19.6 Å². The molecule has 1 saturated heterocycles. The minimum atomic E-state index is -5.07. The summed E-state index contributed by atoms with van der Waals surface area (Å²) in [6, 6.07) is 0. The third kappa shape index (κ3) is 40.3. The second-order valence-electron chi connectivity index (χ2n) is 19.1. The van der Waals surface area contributed by atoms with Gasteiger partial charge in [-0.3, -0.25) is 9.35 Å². The summed E-state index contributed by atoms with van der Waals surface area (Å²) in [6.45, 7) is 3.89. The molecule has 6 atom stereocenters. The number of hydrogen-bond acceptors (Lipinski definition) is 11. The van der Waals surface area contributed by atoms with E-state index in [1.54, 1.807) is 0 Å². The number of carbonyl (C=O) groups excluding carboxylic acids is 1. The van der Waals surface area contributed by atoms with Crippen LogP contribution in [0.25, 0.3) is 0 Å². The van der Waals surface area contributed by atoms with Gasteiger partial charge < -0.3 is 34.3 Å². The molecule has 1 aliphatic heterocycles. The maximum Gasteiger partial charge on any atom is 0.397 e. The van der Waals surface area contributed by atoms with Gasteiger partial charge in [0.15, 0.2) is 6.29 Å². The zero-order valence-corrected chi connectivity index (χ0v) is 44.9. The Hall–Kier alpha value is -2.20. The smallest absolute Gasteiger partial charge is 0.397 e. The molecule has 1 rings (SSSR count). The lowest BCUT2D eigenvalue weighted by Crippen LogP contribution is -2.60. The Balaban J connectivity index is 2.32. The number of aliphatic hydroxyl groups excluding tert-OH is 3. The molecule has 0 aromatic rings. The molecule has 1 aliphatic rings. The molecule has 0 aromatic carbocycles. The predicted molar refractivity (Wildman–Crippen MR) is 285 cm³/mol. The van der Waals surface area contributed by atoms with E-state index in [4.69, 9.17) is 18.9 Å². The molecule has 13 heteroatoms. The van der Waals surface area contributed by atoms with Gasteiger partial charge >= 0.3 is 16.4 Å². The minimum Gasteiger partial charge on any atom is -0.457 e. The van der Waals surface area contributed by atoms with E-state index in [0.717, 1.165) is 70.6 Å². The molecular formula is C57H102O12S. The van der Waals surface area contributed by atoms with Gasteiger partial charge in [-0.2, -0.15) is 8.42 Å². The van der Waals surface area contributed by atoms with Crippen molar-refractivity contribution in [3.05, 3.63) is 60.8 Å². The Morgan fingerprint density at radius 2 is 0.986 bits per heavy atom. The van der Waals surface area contributed by atoms with Gasteiger partial charge in [-0.1, -0.05) is 209 Å². The molecule has 408 valence electrons. The summed E-state index contributed by atoms with van der Waals surface area (Å²) in [5.74, 6) is -0.407. The standard InChI is InChI=1S/C57H102O12S/c1-3-5-7-9-11-13-15-17-19-21-23-25-27-29-31-33-35-37-39-41-43-45-47-65-49-51(50-66-57-55(61)56(69-70(62,63)64)54(60)52(48-58)68-57)67-53(59)46-44-42-40-38-36-34-32-30-28-26-24-22-20-18-16-14-12-10-8-6-4-2/h6,8,12,14,18,20-21,23-24,26,51-52,54-58,60-61H,3-5,7,9-11,13,15-17,19,22,25,27-50H2,1-2H3,(H,62,63,64)/b8-6-,14-12-,20-18-,23-21-,26-24-. The van der Waals surface area contributed by atoms with Crippen LogP contribution in [-0.4, -0.2) is 97.5 Å². The van der Waals surface area contributed by atoms with Crippen molar-refractivity contribution < 1.29 is 56.2 Å². The molecule has 1 fully saturated rings. The summed E-state index contributed by atoms with van der Waals surface area (Å²) in [7, 11) is -5.07. The fourth-order valence-corrected chi connectivity index (χ4v) is 8.93. The summed E-state index contributed by atoms with van der Waals surface area (Å²) in [5, 5.41) is 30.8. The molecule has 1 heterocycles. The lowest BCUT2D eigenvalue weighted by molar-refractivity contribution is -0.301. The fraction of sp³-hybridized carbons (Fsp3) is 0.807. The Morgan fingerprint density at radius 1 is 0.557 bits per heavy atom. The number of ether oxygens (including phenoxy) is 4. The average molecular weight is 1010 g/mol. The fourth-order valence-electron chi connectivity index (χ4n) is 8.42. The van der Waals surface area contributed by atoms with Gasteiger partial charge in [0.2, 0.25) is 0 Å². The monoisotopic (exact) mass is 1010 g/mol. The largest absolute Gasteiger partial charge is 0.457 e. The molecule has 0 spiro atoms. The molecule has 0 amide bonds. The highest BCUT2D eigenvalue weighted by atomic mass is 32.3. The Bertz CT molecular complexity index is 1450. The zero-order valence-electron chi connectivity index (χ0n) is 44.1. The molecule has 0 radical (unpaired) electrons. The van der Waals surface area contributed by atoms with E-state index in [1.807, 2.05) is 0 Å². The summed E-state index contributed by atoms with van der Waals surface area (Å²) in [6.07, 6.45) is 52.5. The topological polar surface area (TPSA) is 178 Å². The first-order valence-corrected chi connectivity index (χ1v) is 29.4. The summed E-state index contributed by atoms with van der Waals surface area (Å²) in [5.41, 5.74) is 0. The van der Waals surface area contributed by atoms with Crippen molar-refractivity contribution in [1.29, 1.82) is 0 Å². The number of aliphatic hydroxyl groups is 3. The summed E-state index contributed by atoms with van der Waals surface area (Å²) >= 11 is 0. The van der Waals surface area contributed by atoms with Gasteiger partial charge in [0, 0.05) is 13.0 Å². The number of unbranched alkanes of at least 4 members (excludes halogenated alkanes) is 26. The average Bonchev–Trinajstić information content (AvgIpc) is 3.34. The van der Waals surface area contributed by atoms with Gasteiger partial charge in [0.05, 0.1) is 19.8 Å². The van der Waals surface area contributed by atoms with Crippen LogP contribution in [-0.2, 0) is 38.3 Å². The van der Waals surface area contributed by atoms with E-state index >= 15 is 0 Å². The lowest BCUT2D eigenvalue weighted by atomic mass is 9.99. The zero-order chi connectivity index (χ0) is 51.0. The van der Waals surface area contributed by atoms with Crippen LogP contribution < -0.4 is 0 Å². The van der Waals surface area contributed by atoms with Crippen LogP contribution in [0.2, 0.25) is 0 Å². The summed E-state index contributed by atoms with van der Waals surface area (Å²) < 4.78 is 59.4. The number of rotatable bonds is 49. The molecule has 0 saturated carbocycles. The molecule has 12 nitrogen and oxygen atoms in total. The second kappa shape index (κ2) is 47.8. The molecule has 0 bridgehead atoms. The van der Waals surface area contributed by atoms with E-state index < -0.39 is 59.8 Å². The van der Waals surface area contributed by atoms with E-state index in [0.29, 0.717) is 13.0 Å². The van der Waals surface area contributed by atoms with E-state index in [1.165, 1.54) is 135 Å².